The summed E-state index contributed by atoms with van der Waals surface area (Å²) in [5.41, 5.74) is -0.807. The first-order valence-electron chi connectivity index (χ1n) is 9.47. The largest absolute Gasteiger partial charge is 0.586 e. The second-order valence-electron chi connectivity index (χ2n) is 7.47. The average molecular weight is 443 g/mol. The molecule has 2 aliphatic rings. The number of hydrogen-bond donors (Lipinski definition) is 2. The Labute approximate surface area is 178 Å². The monoisotopic (exact) mass is 443 g/mol. The van der Waals surface area contributed by atoms with Gasteiger partial charge >= 0.3 is 12.3 Å². The number of nitrogens with one attached hydrogen (secondary N) is 2. The Bertz CT molecular complexity index is 1260. The molecule has 5 rings (SSSR count). The molecule has 2 N–H and O–H groups in total. The highest BCUT2D eigenvalue weighted by atomic mass is 19.3. The number of furan rings is 1. The molecule has 0 aliphatic carbocycles. The lowest BCUT2D eigenvalue weighted by molar-refractivity contribution is -0.286. The van der Waals surface area contributed by atoms with Gasteiger partial charge in [0.2, 0.25) is 5.91 Å². The summed E-state index contributed by atoms with van der Waals surface area (Å²) >= 11 is 0. The molecule has 4 amide bonds. The lowest BCUT2D eigenvalue weighted by Crippen LogP contribution is -2.41. The normalized spacial score (nSPS) is 21.2. The number of imide groups is 1. The summed E-state index contributed by atoms with van der Waals surface area (Å²) in [7, 11) is 0. The highest BCUT2D eigenvalue weighted by molar-refractivity contribution is 6.10. The van der Waals surface area contributed by atoms with E-state index < -0.39 is 36.2 Å². The van der Waals surface area contributed by atoms with E-state index in [1.165, 1.54) is 19.1 Å². The van der Waals surface area contributed by atoms with E-state index in [0.717, 1.165) is 16.4 Å². The summed E-state index contributed by atoms with van der Waals surface area (Å²) in [5, 5.41) is 5.76. The van der Waals surface area contributed by atoms with E-state index in [0.29, 0.717) is 5.58 Å². The van der Waals surface area contributed by atoms with Crippen molar-refractivity contribution in [3.8, 4) is 11.5 Å². The number of carbonyl (C=O) groups is 3. The van der Waals surface area contributed by atoms with Crippen LogP contribution < -0.4 is 20.1 Å². The van der Waals surface area contributed by atoms with E-state index in [2.05, 4.69) is 20.1 Å². The molecule has 2 aliphatic heterocycles. The lowest BCUT2D eigenvalue weighted by atomic mass is 9.99. The second kappa shape index (κ2) is 6.67. The van der Waals surface area contributed by atoms with Crippen molar-refractivity contribution in [2.75, 3.05) is 11.9 Å². The summed E-state index contributed by atoms with van der Waals surface area (Å²) < 4.78 is 40.6. The molecule has 164 valence electrons. The molecule has 1 fully saturated rings. The Kier molecular flexibility index (Phi) is 4.13. The van der Waals surface area contributed by atoms with Gasteiger partial charge < -0.3 is 24.5 Å². The zero-order chi connectivity index (χ0) is 22.7. The summed E-state index contributed by atoms with van der Waals surface area (Å²) in [6.45, 7) is 0.895. The number of hydrogen-bond acceptors (Lipinski definition) is 6. The first-order chi connectivity index (χ1) is 15.1. The fourth-order valence-corrected chi connectivity index (χ4v) is 3.61. The molecule has 0 saturated carbocycles. The van der Waals surface area contributed by atoms with Crippen LogP contribution in [0.2, 0.25) is 0 Å². The molecule has 2 aromatic carbocycles. The molecule has 9 nitrogen and oxygen atoms in total. The van der Waals surface area contributed by atoms with Gasteiger partial charge in [-0.05, 0) is 31.2 Å². The summed E-state index contributed by atoms with van der Waals surface area (Å²) in [5.74, 6) is -1.57. The van der Waals surface area contributed by atoms with E-state index in [-0.39, 0.29) is 22.9 Å². The Morgan fingerprint density at radius 2 is 1.84 bits per heavy atom. The lowest BCUT2D eigenvalue weighted by Gasteiger charge is -2.18. The highest BCUT2D eigenvalue weighted by Crippen LogP contribution is 2.42. The molecule has 1 aromatic heterocycles. The van der Waals surface area contributed by atoms with Crippen molar-refractivity contribution in [1.82, 2.24) is 10.2 Å². The quantitative estimate of drug-likeness (QED) is 0.600. The molecular weight excluding hydrogens is 428 g/mol. The van der Waals surface area contributed by atoms with Crippen LogP contribution in [-0.4, -0.2) is 35.6 Å². The molecule has 3 heterocycles. The number of halogens is 2. The van der Waals surface area contributed by atoms with E-state index in [1.807, 2.05) is 6.07 Å². The maximum Gasteiger partial charge on any atom is 0.586 e. The first kappa shape index (κ1) is 19.8. The van der Waals surface area contributed by atoms with Crippen LogP contribution in [0, 0.1) is 0 Å². The predicted molar refractivity (Wildman–Crippen MR) is 105 cm³/mol. The maximum atomic E-state index is 13.1. The average Bonchev–Trinajstić information content (AvgIpc) is 3.36. The second-order valence-corrected chi connectivity index (χ2v) is 7.47. The SMILES string of the molecule is C[C@]1(c2cc3ccccc3o2)NC(=O)N(CC(=O)Nc2ccc3c(c2)OC(F)(F)O3)C1=O. The number of alkyl halides is 2. The minimum atomic E-state index is -3.79. The van der Waals surface area contributed by atoms with Crippen molar-refractivity contribution in [2.24, 2.45) is 0 Å². The Hall–Kier alpha value is -4.15. The minimum absolute atomic E-state index is 0.127. The number of rotatable bonds is 4. The molecule has 1 saturated heterocycles. The molecule has 1 atom stereocenters. The molecule has 0 unspecified atom stereocenters. The first-order valence-corrected chi connectivity index (χ1v) is 9.47. The van der Waals surface area contributed by atoms with Gasteiger partial charge in [-0.25, -0.2) is 4.79 Å². The third kappa shape index (κ3) is 3.18. The Morgan fingerprint density at radius 1 is 1.09 bits per heavy atom. The Balaban J connectivity index is 1.31. The fraction of sp³-hybridized carbons (Fsp3) is 0.190. The van der Waals surface area contributed by atoms with Gasteiger partial charge in [-0.15, -0.1) is 8.78 Å². The summed E-state index contributed by atoms with van der Waals surface area (Å²) in [4.78, 5) is 38.7. The molecule has 0 spiro atoms. The van der Waals surface area contributed by atoms with Gasteiger partial charge in [0.15, 0.2) is 17.0 Å². The molecule has 32 heavy (non-hydrogen) atoms. The molecule has 3 aromatic rings. The van der Waals surface area contributed by atoms with E-state index >= 15 is 0 Å². The van der Waals surface area contributed by atoms with Crippen molar-refractivity contribution in [3.05, 3.63) is 54.3 Å². The van der Waals surface area contributed by atoms with Gasteiger partial charge in [-0.3, -0.25) is 14.5 Å². The molecular formula is C21H15F2N3O6. The van der Waals surface area contributed by atoms with Gasteiger partial charge in [-0.2, -0.15) is 0 Å². The van der Waals surface area contributed by atoms with E-state index in [1.54, 1.807) is 24.3 Å². The number of fused-ring (bicyclic) bond motifs is 2. The van der Waals surface area contributed by atoms with Gasteiger partial charge in [0.25, 0.3) is 5.91 Å². The maximum absolute atomic E-state index is 13.1. The summed E-state index contributed by atoms with van der Waals surface area (Å²) in [6, 6.07) is 11.7. The number of urea groups is 1. The number of benzene rings is 2. The molecule has 0 bridgehead atoms. The van der Waals surface area contributed by atoms with Crippen LogP contribution in [0.1, 0.15) is 12.7 Å². The number of anilines is 1. The van der Waals surface area contributed by atoms with Crippen LogP contribution in [0.4, 0.5) is 19.3 Å². The third-order valence-corrected chi connectivity index (χ3v) is 5.18. The minimum Gasteiger partial charge on any atom is -0.458 e. The van der Waals surface area contributed by atoms with Crippen LogP contribution >= 0.6 is 0 Å². The molecule has 11 heteroatoms. The van der Waals surface area contributed by atoms with Gasteiger partial charge in [0.1, 0.15) is 17.9 Å². The van der Waals surface area contributed by atoms with Crippen LogP contribution in [0.3, 0.4) is 0 Å². The number of ether oxygens (including phenoxy) is 2. The van der Waals surface area contributed by atoms with Gasteiger partial charge in [-0.1, -0.05) is 18.2 Å². The zero-order valence-electron chi connectivity index (χ0n) is 16.5. The van der Waals surface area contributed by atoms with Crippen molar-refractivity contribution in [3.63, 3.8) is 0 Å². The van der Waals surface area contributed by atoms with Crippen molar-refractivity contribution >= 4 is 34.5 Å². The number of carbonyl (C=O) groups excluding carboxylic acids is 3. The highest BCUT2D eigenvalue weighted by Gasteiger charge is 2.51. The van der Waals surface area contributed by atoms with Crippen molar-refractivity contribution in [1.29, 1.82) is 0 Å². The predicted octanol–water partition coefficient (Wildman–Crippen LogP) is 3.16. The van der Waals surface area contributed by atoms with Crippen LogP contribution in [0.5, 0.6) is 11.5 Å². The van der Waals surface area contributed by atoms with Crippen LogP contribution in [-0.2, 0) is 15.1 Å². The Morgan fingerprint density at radius 3 is 2.62 bits per heavy atom. The number of para-hydroxylation sites is 1. The third-order valence-electron chi connectivity index (χ3n) is 5.18. The van der Waals surface area contributed by atoms with E-state index in [9.17, 15) is 23.2 Å². The summed E-state index contributed by atoms with van der Waals surface area (Å²) in [6.07, 6.45) is -3.79. The van der Waals surface area contributed by atoms with Crippen LogP contribution in [0.15, 0.2) is 52.9 Å². The van der Waals surface area contributed by atoms with Crippen molar-refractivity contribution < 1.29 is 37.1 Å². The zero-order valence-corrected chi connectivity index (χ0v) is 16.5. The van der Waals surface area contributed by atoms with E-state index in [4.69, 9.17) is 4.42 Å². The number of amides is 4. The smallest absolute Gasteiger partial charge is 0.458 e. The molecule has 0 radical (unpaired) electrons. The van der Waals surface area contributed by atoms with Gasteiger partial charge in [0.05, 0.1) is 0 Å². The van der Waals surface area contributed by atoms with Crippen LogP contribution in [0.25, 0.3) is 11.0 Å². The van der Waals surface area contributed by atoms with Crippen molar-refractivity contribution in [2.45, 2.75) is 18.8 Å². The standard InChI is InChI=1S/C21H15F2N3O6/c1-20(16-8-11-4-2-3-5-13(11)30-16)18(28)26(19(29)25-20)10-17(27)24-12-6-7-14-15(9-12)32-21(22,23)31-14/h2-9H,10H2,1H3,(H,24,27)(H,25,29)/t20-/m1/s1. The van der Waals surface area contributed by atoms with Gasteiger partial charge in [0, 0.05) is 17.1 Å². The number of nitrogens with zero attached hydrogens (tertiary/aromatic N) is 1. The topological polar surface area (TPSA) is 110 Å². The fourth-order valence-electron chi connectivity index (χ4n) is 3.61.